The maximum atomic E-state index is 13.1. The van der Waals surface area contributed by atoms with Crippen LogP contribution < -0.4 is 5.32 Å². The molecule has 128 valence electrons. The molecule has 1 amide bonds. The van der Waals surface area contributed by atoms with Crippen LogP contribution >= 0.6 is 0 Å². The van der Waals surface area contributed by atoms with Crippen molar-refractivity contribution in [1.29, 1.82) is 0 Å². The number of nitrogens with one attached hydrogen (secondary N) is 1. The second-order valence-corrected chi connectivity index (χ2v) is 5.38. The van der Waals surface area contributed by atoms with Crippen LogP contribution in [0.4, 0.5) is 13.2 Å². The smallest absolute Gasteiger partial charge is 0.417 e. The molecule has 0 bridgehead atoms. The van der Waals surface area contributed by atoms with Gasteiger partial charge in [0, 0.05) is 0 Å². The largest absolute Gasteiger partial charge is 0.467 e. The van der Waals surface area contributed by atoms with Gasteiger partial charge in [-0.1, -0.05) is 42.5 Å². The van der Waals surface area contributed by atoms with E-state index in [2.05, 4.69) is 5.32 Å². The summed E-state index contributed by atoms with van der Waals surface area (Å²) in [5.74, 6) is -0.387. The Kier molecular flexibility index (Phi) is 4.61. The molecule has 0 aliphatic heterocycles. The van der Waals surface area contributed by atoms with E-state index in [1.807, 2.05) is 6.07 Å². The normalized spacial score (nSPS) is 12.6. The maximum Gasteiger partial charge on any atom is 0.417 e. The summed E-state index contributed by atoms with van der Waals surface area (Å²) in [6, 6.07) is 16.2. The van der Waals surface area contributed by atoms with Gasteiger partial charge in [-0.3, -0.25) is 4.79 Å². The SMILES string of the molecule is O=C(NC(c1ccccc1)c1ccco1)c1ccccc1C(F)(F)F. The fourth-order valence-corrected chi connectivity index (χ4v) is 2.56. The summed E-state index contributed by atoms with van der Waals surface area (Å²) in [5.41, 5.74) is -0.698. The highest BCUT2D eigenvalue weighted by molar-refractivity contribution is 5.96. The molecule has 0 aliphatic rings. The number of hydrogen-bond acceptors (Lipinski definition) is 2. The van der Waals surface area contributed by atoms with Gasteiger partial charge in [0.25, 0.3) is 5.91 Å². The lowest BCUT2D eigenvalue weighted by molar-refractivity contribution is -0.137. The lowest BCUT2D eigenvalue weighted by Gasteiger charge is -2.19. The van der Waals surface area contributed by atoms with Crippen molar-refractivity contribution in [2.75, 3.05) is 0 Å². The lowest BCUT2D eigenvalue weighted by atomic mass is 10.0. The van der Waals surface area contributed by atoms with Crippen LogP contribution in [0.15, 0.2) is 77.4 Å². The maximum absolute atomic E-state index is 13.1. The average molecular weight is 345 g/mol. The molecule has 25 heavy (non-hydrogen) atoms. The molecule has 0 fully saturated rings. The van der Waals surface area contributed by atoms with Gasteiger partial charge in [0.2, 0.25) is 0 Å². The number of carbonyl (C=O) groups is 1. The first kappa shape index (κ1) is 16.8. The quantitative estimate of drug-likeness (QED) is 0.737. The molecule has 3 rings (SSSR count). The molecule has 0 radical (unpaired) electrons. The molecule has 6 heteroatoms. The Morgan fingerprint density at radius 1 is 0.920 bits per heavy atom. The Bertz CT molecular complexity index is 843. The molecule has 1 unspecified atom stereocenters. The fraction of sp³-hybridized carbons (Fsp3) is 0.105. The molecule has 1 N–H and O–H groups in total. The second kappa shape index (κ2) is 6.84. The summed E-state index contributed by atoms with van der Waals surface area (Å²) in [7, 11) is 0. The third-order valence-electron chi connectivity index (χ3n) is 3.71. The Morgan fingerprint density at radius 3 is 2.24 bits per heavy atom. The zero-order valence-electron chi connectivity index (χ0n) is 13.0. The summed E-state index contributed by atoms with van der Waals surface area (Å²) in [5, 5.41) is 2.63. The van der Waals surface area contributed by atoms with Crippen molar-refractivity contribution in [3.8, 4) is 0 Å². The topological polar surface area (TPSA) is 42.2 Å². The van der Waals surface area contributed by atoms with Crippen LogP contribution in [-0.2, 0) is 6.18 Å². The molecule has 2 aromatic carbocycles. The van der Waals surface area contributed by atoms with Gasteiger partial charge in [0.05, 0.1) is 17.4 Å². The molecule has 1 atom stereocenters. The number of halogens is 3. The molecule has 0 saturated heterocycles. The Labute approximate surface area is 142 Å². The predicted molar refractivity (Wildman–Crippen MR) is 85.9 cm³/mol. The van der Waals surface area contributed by atoms with Crippen LogP contribution in [0.25, 0.3) is 0 Å². The van der Waals surface area contributed by atoms with Crippen molar-refractivity contribution in [2.24, 2.45) is 0 Å². The molecular weight excluding hydrogens is 331 g/mol. The minimum atomic E-state index is -4.61. The predicted octanol–water partition coefficient (Wildman–Crippen LogP) is 4.82. The summed E-state index contributed by atoms with van der Waals surface area (Å²) in [6.45, 7) is 0. The summed E-state index contributed by atoms with van der Waals surface area (Å²) >= 11 is 0. The summed E-state index contributed by atoms with van der Waals surface area (Å²) < 4.78 is 44.8. The molecule has 0 saturated carbocycles. The van der Waals surface area contributed by atoms with Crippen molar-refractivity contribution in [3.63, 3.8) is 0 Å². The first-order valence-corrected chi connectivity index (χ1v) is 7.52. The van der Waals surface area contributed by atoms with Crippen molar-refractivity contribution in [3.05, 3.63) is 95.4 Å². The molecule has 0 aliphatic carbocycles. The van der Waals surface area contributed by atoms with Crippen molar-refractivity contribution in [1.82, 2.24) is 5.32 Å². The highest BCUT2D eigenvalue weighted by atomic mass is 19.4. The van der Waals surface area contributed by atoms with Crippen LogP contribution in [0.3, 0.4) is 0 Å². The van der Waals surface area contributed by atoms with Crippen LogP contribution in [0.2, 0.25) is 0 Å². The average Bonchev–Trinajstić information content (AvgIpc) is 3.14. The zero-order valence-corrected chi connectivity index (χ0v) is 13.0. The lowest BCUT2D eigenvalue weighted by Crippen LogP contribution is -2.30. The second-order valence-electron chi connectivity index (χ2n) is 5.38. The summed E-state index contributed by atoms with van der Waals surface area (Å²) in [4.78, 5) is 12.5. The van der Waals surface area contributed by atoms with E-state index in [0.29, 0.717) is 11.3 Å². The minimum absolute atomic E-state index is 0.428. The van der Waals surface area contributed by atoms with Gasteiger partial charge in [-0.25, -0.2) is 0 Å². The highest BCUT2D eigenvalue weighted by Crippen LogP contribution is 2.32. The van der Waals surface area contributed by atoms with E-state index in [-0.39, 0.29) is 0 Å². The molecule has 1 heterocycles. The molecule has 3 aromatic rings. The van der Waals surface area contributed by atoms with Crippen LogP contribution in [0, 0.1) is 0 Å². The van der Waals surface area contributed by atoms with Crippen molar-refractivity contribution >= 4 is 5.91 Å². The minimum Gasteiger partial charge on any atom is -0.467 e. The van der Waals surface area contributed by atoms with E-state index < -0.39 is 29.3 Å². The van der Waals surface area contributed by atoms with E-state index >= 15 is 0 Å². The van der Waals surface area contributed by atoms with Crippen LogP contribution in [-0.4, -0.2) is 5.91 Å². The number of alkyl halides is 3. The first-order valence-electron chi connectivity index (χ1n) is 7.52. The van der Waals surface area contributed by atoms with Crippen molar-refractivity contribution in [2.45, 2.75) is 12.2 Å². The third kappa shape index (κ3) is 3.74. The Hall–Kier alpha value is -3.02. The van der Waals surface area contributed by atoms with Crippen molar-refractivity contribution < 1.29 is 22.4 Å². The fourth-order valence-electron chi connectivity index (χ4n) is 2.56. The third-order valence-corrected chi connectivity index (χ3v) is 3.71. The highest BCUT2D eigenvalue weighted by Gasteiger charge is 2.35. The van der Waals surface area contributed by atoms with Gasteiger partial charge in [-0.2, -0.15) is 13.2 Å². The number of rotatable bonds is 4. The van der Waals surface area contributed by atoms with Gasteiger partial charge in [0.15, 0.2) is 0 Å². The van der Waals surface area contributed by atoms with E-state index in [1.165, 1.54) is 18.4 Å². The van der Waals surface area contributed by atoms with Gasteiger partial charge in [-0.05, 0) is 29.8 Å². The van der Waals surface area contributed by atoms with E-state index in [1.54, 1.807) is 36.4 Å². The van der Waals surface area contributed by atoms with E-state index in [9.17, 15) is 18.0 Å². The Morgan fingerprint density at radius 2 is 1.60 bits per heavy atom. The monoisotopic (exact) mass is 345 g/mol. The number of amides is 1. The standard InChI is InChI=1S/C19H14F3NO2/c20-19(21,22)15-10-5-4-9-14(15)18(24)23-17(16-11-6-12-25-16)13-7-2-1-3-8-13/h1-12,17H,(H,23,24). The van der Waals surface area contributed by atoms with Gasteiger partial charge in [0.1, 0.15) is 11.8 Å². The number of benzene rings is 2. The van der Waals surface area contributed by atoms with Crippen LogP contribution in [0.1, 0.15) is 33.3 Å². The van der Waals surface area contributed by atoms with E-state index in [4.69, 9.17) is 4.42 Å². The van der Waals surface area contributed by atoms with Gasteiger partial charge >= 0.3 is 6.18 Å². The zero-order chi connectivity index (χ0) is 17.9. The first-order chi connectivity index (χ1) is 12.0. The Balaban J connectivity index is 1.95. The van der Waals surface area contributed by atoms with Gasteiger partial charge in [-0.15, -0.1) is 0 Å². The number of furan rings is 1. The van der Waals surface area contributed by atoms with E-state index in [0.717, 1.165) is 12.1 Å². The molecule has 3 nitrogen and oxygen atoms in total. The number of hydrogen-bond donors (Lipinski definition) is 1. The molecule has 0 spiro atoms. The molecule has 1 aromatic heterocycles. The summed E-state index contributed by atoms with van der Waals surface area (Å²) in [6.07, 6.45) is -3.16. The van der Waals surface area contributed by atoms with Crippen LogP contribution in [0.5, 0.6) is 0 Å². The number of carbonyl (C=O) groups excluding carboxylic acids is 1. The van der Waals surface area contributed by atoms with Gasteiger partial charge < -0.3 is 9.73 Å². The molecular formula is C19H14F3NO2.